The topological polar surface area (TPSA) is 93.1 Å². The third kappa shape index (κ3) is 3.70. The molecular formula is C18H22N4O3. The van der Waals surface area contributed by atoms with E-state index >= 15 is 0 Å². The van der Waals surface area contributed by atoms with Gasteiger partial charge < -0.3 is 0 Å². The Labute approximate surface area is 145 Å². The lowest BCUT2D eigenvalue weighted by atomic mass is 9.92. The van der Waals surface area contributed by atoms with E-state index in [0.717, 1.165) is 18.7 Å². The number of rotatable bonds is 2. The predicted molar refractivity (Wildman–Crippen MR) is 94.0 cm³/mol. The monoisotopic (exact) mass is 342 g/mol. The van der Waals surface area contributed by atoms with Gasteiger partial charge in [-0.2, -0.15) is 0 Å². The number of hydrogen-bond donors (Lipinski definition) is 2. The van der Waals surface area contributed by atoms with Crippen molar-refractivity contribution in [3.63, 3.8) is 0 Å². The van der Waals surface area contributed by atoms with E-state index in [-0.39, 0.29) is 16.9 Å². The third-order valence-corrected chi connectivity index (χ3v) is 4.09. The Balaban J connectivity index is 1.78. The van der Waals surface area contributed by atoms with Crippen LogP contribution in [0, 0.1) is 5.41 Å². The number of nitrogens with one attached hydrogen (secondary N) is 2. The molecule has 1 aliphatic rings. The minimum atomic E-state index is -0.438. The Morgan fingerprint density at radius 1 is 1.24 bits per heavy atom. The molecule has 2 heterocycles. The Bertz CT molecular complexity index is 909. The molecule has 2 N–H and O–H groups in total. The summed E-state index contributed by atoms with van der Waals surface area (Å²) in [6, 6.07) is 4.77. The van der Waals surface area contributed by atoms with Gasteiger partial charge in [0.15, 0.2) is 0 Å². The summed E-state index contributed by atoms with van der Waals surface area (Å²) in [4.78, 5) is 41.0. The molecule has 0 aliphatic carbocycles. The van der Waals surface area contributed by atoms with Crippen molar-refractivity contribution in [2.75, 3.05) is 0 Å². The SMILES string of the molecule is CC(C)(C)CC(=O)NNC(=O)c1ccc2c(=O)n3c(nc2c1)CCC3. The van der Waals surface area contributed by atoms with Crippen LogP contribution in [0.3, 0.4) is 0 Å². The average Bonchev–Trinajstić information content (AvgIpc) is 2.99. The minimum absolute atomic E-state index is 0.0667. The largest absolute Gasteiger partial charge is 0.296 e. The summed E-state index contributed by atoms with van der Waals surface area (Å²) in [5.74, 6) is 0.0657. The van der Waals surface area contributed by atoms with Crippen LogP contribution in [0.1, 0.15) is 49.8 Å². The maximum absolute atomic E-state index is 12.4. The molecule has 0 saturated carbocycles. The van der Waals surface area contributed by atoms with Crippen molar-refractivity contribution < 1.29 is 9.59 Å². The number of fused-ring (bicyclic) bond motifs is 2. The second kappa shape index (κ2) is 6.31. The van der Waals surface area contributed by atoms with Crippen LogP contribution in [0.4, 0.5) is 0 Å². The molecule has 0 radical (unpaired) electrons. The summed E-state index contributed by atoms with van der Waals surface area (Å²) < 4.78 is 1.69. The fraction of sp³-hybridized carbons (Fsp3) is 0.444. The van der Waals surface area contributed by atoms with Crippen molar-refractivity contribution in [3.8, 4) is 0 Å². The van der Waals surface area contributed by atoms with Crippen molar-refractivity contribution >= 4 is 22.7 Å². The van der Waals surface area contributed by atoms with E-state index in [1.54, 1.807) is 22.8 Å². The van der Waals surface area contributed by atoms with Gasteiger partial charge in [-0.05, 0) is 30.0 Å². The van der Waals surface area contributed by atoms with Gasteiger partial charge in [0.05, 0.1) is 10.9 Å². The molecule has 2 aromatic rings. The number of aryl methyl sites for hydroxylation is 1. The molecular weight excluding hydrogens is 320 g/mol. The van der Waals surface area contributed by atoms with E-state index in [4.69, 9.17) is 0 Å². The number of hydrazine groups is 1. The lowest BCUT2D eigenvalue weighted by molar-refractivity contribution is -0.123. The molecule has 0 saturated heterocycles. The second-order valence-electron chi connectivity index (χ2n) is 7.56. The number of carbonyl (C=O) groups is 2. The fourth-order valence-electron chi connectivity index (χ4n) is 2.95. The molecule has 0 bridgehead atoms. The maximum Gasteiger partial charge on any atom is 0.269 e. The van der Waals surface area contributed by atoms with Crippen LogP contribution in [0.2, 0.25) is 0 Å². The first-order valence-corrected chi connectivity index (χ1v) is 8.37. The second-order valence-corrected chi connectivity index (χ2v) is 7.56. The van der Waals surface area contributed by atoms with Gasteiger partial charge in [0.25, 0.3) is 11.5 Å². The predicted octanol–water partition coefficient (Wildman–Crippen LogP) is 1.54. The van der Waals surface area contributed by atoms with E-state index in [9.17, 15) is 14.4 Å². The standard InChI is InChI=1S/C18H22N4O3/c1-18(2,3)10-15(23)20-21-16(24)11-6-7-12-13(9-11)19-14-5-4-8-22(14)17(12)25/h6-7,9H,4-5,8,10H2,1-3H3,(H,20,23)(H,21,24). The summed E-state index contributed by atoms with van der Waals surface area (Å²) >= 11 is 0. The van der Waals surface area contributed by atoms with Crippen LogP contribution < -0.4 is 16.4 Å². The Kier molecular flexibility index (Phi) is 4.32. The van der Waals surface area contributed by atoms with Crippen LogP contribution in [0.15, 0.2) is 23.0 Å². The van der Waals surface area contributed by atoms with Crippen molar-refractivity contribution in [2.24, 2.45) is 5.41 Å². The number of amides is 2. The average molecular weight is 342 g/mol. The molecule has 7 nitrogen and oxygen atoms in total. The molecule has 0 fully saturated rings. The van der Waals surface area contributed by atoms with Crippen molar-refractivity contribution in [3.05, 3.63) is 39.9 Å². The highest BCUT2D eigenvalue weighted by molar-refractivity contribution is 5.98. The molecule has 1 aromatic carbocycles. The van der Waals surface area contributed by atoms with Crippen LogP contribution in [-0.4, -0.2) is 21.4 Å². The van der Waals surface area contributed by atoms with Crippen molar-refractivity contribution in [1.82, 2.24) is 20.4 Å². The Morgan fingerprint density at radius 2 is 2.00 bits per heavy atom. The van der Waals surface area contributed by atoms with Gasteiger partial charge in [-0.1, -0.05) is 20.8 Å². The first-order valence-electron chi connectivity index (χ1n) is 8.37. The van der Waals surface area contributed by atoms with Gasteiger partial charge in [-0.3, -0.25) is 29.8 Å². The normalized spacial score (nSPS) is 13.6. The Morgan fingerprint density at radius 3 is 2.72 bits per heavy atom. The highest BCUT2D eigenvalue weighted by Gasteiger charge is 2.18. The van der Waals surface area contributed by atoms with Gasteiger partial charge in [0.1, 0.15) is 5.82 Å². The third-order valence-electron chi connectivity index (χ3n) is 4.09. The lowest BCUT2D eigenvalue weighted by Gasteiger charge is -2.17. The molecule has 2 amide bonds. The van der Waals surface area contributed by atoms with E-state index in [2.05, 4.69) is 15.8 Å². The van der Waals surface area contributed by atoms with E-state index < -0.39 is 5.91 Å². The molecule has 132 valence electrons. The zero-order valence-corrected chi connectivity index (χ0v) is 14.7. The first-order chi connectivity index (χ1) is 11.7. The van der Waals surface area contributed by atoms with Gasteiger partial charge in [-0.15, -0.1) is 0 Å². The minimum Gasteiger partial charge on any atom is -0.296 e. The van der Waals surface area contributed by atoms with E-state index in [1.165, 1.54) is 0 Å². The summed E-state index contributed by atoms with van der Waals surface area (Å²) in [6.45, 7) is 6.53. The number of hydrogen-bond acceptors (Lipinski definition) is 4. The molecule has 1 aromatic heterocycles. The molecule has 0 spiro atoms. The van der Waals surface area contributed by atoms with Crippen LogP contribution in [0.5, 0.6) is 0 Å². The molecule has 3 rings (SSSR count). The number of carbonyl (C=O) groups excluding carboxylic acids is 2. The van der Waals surface area contributed by atoms with E-state index in [0.29, 0.717) is 29.4 Å². The van der Waals surface area contributed by atoms with Crippen molar-refractivity contribution in [1.29, 1.82) is 0 Å². The van der Waals surface area contributed by atoms with Gasteiger partial charge in [-0.25, -0.2) is 4.98 Å². The number of aromatic nitrogens is 2. The smallest absolute Gasteiger partial charge is 0.269 e. The number of nitrogens with zero attached hydrogens (tertiary/aromatic N) is 2. The number of benzene rings is 1. The maximum atomic E-state index is 12.4. The van der Waals surface area contributed by atoms with Gasteiger partial charge in [0, 0.05) is 24.9 Å². The molecule has 0 unspecified atom stereocenters. The fourth-order valence-corrected chi connectivity index (χ4v) is 2.95. The molecule has 1 aliphatic heterocycles. The Hall–Kier alpha value is -2.70. The highest BCUT2D eigenvalue weighted by Crippen LogP contribution is 2.18. The quantitative estimate of drug-likeness (QED) is 0.810. The molecule has 7 heteroatoms. The molecule has 25 heavy (non-hydrogen) atoms. The molecule has 0 atom stereocenters. The summed E-state index contributed by atoms with van der Waals surface area (Å²) in [7, 11) is 0. The summed E-state index contributed by atoms with van der Waals surface area (Å²) in [6.07, 6.45) is 1.98. The van der Waals surface area contributed by atoms with Gasteiger partial charge in [0.2, 0.25) is 5.91 Å². The van der Waals surface area contributed by atoms with Crippen LogP contribution >= 0.6 is 0 Å². The summed E-state index contributed by atoms with van der Waals surface area (Å²) in [5, 5.41) is 0.499. The zero-order chi connectivity index (χ0) is 18.2. The first kappa shape index (κ1) is 17.1. The zero-order valence-electron chi connectivity index (χ0n) is 14.7. The van der Waals surface area contributed by atoms with Crippen molar-refractivity contribution in [2.45, 2.75) is 46.6 Å². The lowest BCUT2D eigenvalue weighted by Crippen LogP contribution is -2.42. The van der Waals surface area contributed by atoms with E-state index in [1.807, 2.05) is 20.8 Å². The van der Waals surface area contributed by atoms with Gasteiger partial charge >= 0.3 is 0 Å². The van der Waals surface area contributed by atoms with Crippen LogP contribution in [-0.2, 0) is 17.8 Å². The highest BCUT2D eigenvalue weighted by atomic mass is 16.2. The van der Waals surface area contributed by atoms with Crippen LogP contribution in [0.25, 0.3) is 10.9 Å². The summed E-state index contributed by atoms with van der Waals surface area (Å²) in [5.41, 5.74) is 5.44.